The summed E-state index contributed by atoms with van der Waals surface area (Å²) >= 11 is 0. The van der Waals surface area contributed by atoms with Crippen molar-refractivity contribution in [1.82, 2.24) is 14.5 Å². The maximum atomic E-state index is 5.83. The van der Waals surface area contributed by atoms with Gasteiger partial charge in [0.2, 0.25) is 0 Å². The van der Waals surface area contributed by atoms with Gasteiger partial charge >= 0.3 is 0 Å². The van der Waals surface area contributed by atoms with Crippen molar-refractivity contribution in [2.45, 2.75) is 24.9 Å². The van der Waals surface area contributed by atoms with E-state index in [-0.39, 0.29) is 18.4 Å². The summed E-state index contributed by atoms with van der Waals surface area (Å²) in [5.41, 5.74) is 7.53. The van der Waals surface area contributed by atoms with Crippen LogP contribution in [-0.4, -0.2) is 47.8 Å². The molecule has 0 spiro atoms. The standard InChI is InChI=1S/C13H18N4O3/c1-18-13(19-2)10-5-8(6-20-10)17-7-16-11-9(17)3-4-15-12(11)14/h3-4,7-8,10,13H,5-6H2,1-2H3,(H2,14,15)/t8-,10-/m1/s1. The van der Waals surface area contributed by atoms with E-state index in [1.807, 2.05) is 6.07 Å². The first-order valence-corrected chi connectivity index (χ1v) is 6.48. The van der Waals surface area contributed by atoms with E-state index >= 15 is 0 Å². The van der Waals surface area contributed by atoms with Crippen molar-refractivity contribution in [2.24, 2.45) is 0 Å². The first-order valence-electron chi connectivity index (χ1n) is 6.48. The van der Waals surface area contributed by atoms with E-state index in [1.54, 1.807) is 26.7 Å². The van der Waals surface area contributed by atoms with Gasteiger partial charge in [0, 0.05) is 26.8 Å². The topological polar surface area (TPSA) is 84.4 Å². The minimum absolute atomic E-state index is 0.0772. The van der Waals surface area contributed by atoms with Gasteiger partial charge in [0.25, 0.3) is 0 Å². The minimum Gasteiger partial charge on any atom is -0.382 e. The number of pyridine rings is 1. The molecule has 0 radical (unpaired) electrons. The molecule has 108 valence electrons. The molecule has 0 bridgehead atoms. The lowest BCUT2D eigenvalue weighted by Crippen LogP contribution is -2.29. The Morgan fingerprint density at radius 3 is 2.95 bits per heavy atom. The molecule has 2 aromatic heterocycles. The van der Waals surface area contributed by atoms with Gasteiger partial charge in [0.15, 0.2) is 12.1 Å². The van der Waals surface area contributed by atoms with Crippen LogP contribution >= 0.6 is 0 Å². The van der Waals surface area contributed by atoms with Crippen molar-refractivity contribution in [3.8, 4) is 0 Å². The van der Waals surface area contributed by atoms with Gasteiger partial charge in [-0.2, -0.15) is 0 Å². The van der Waals surface area contributed by atoms with E-state index in [1.165, 1.54) is 0 Å². The highest BCUT2D eigenvalue weighted by molar-refractivity contribution is 5.84. The number of ether oxygens (including phenoxy) is 3. The second-order valence-corrected chi connectivity index (χ2v) is 4.82. The SMILES string of the molecule is COC(OC)[C@H]1C[C@@H](n2cnc3c(N)nccc32)CO1. The summed E-state index contributed by atoms with van der Waals surface area (Å²) < 4.78 is 18.4. The van der Waals surface area contributed by atoms with Crippen molar-refractivity contribution in [1.29, 1.82) is 0 Å². The molecular formula is C13H18N4O3. The maximum absolute atomic E-state index is 5.83. The fourth-order valence-corrected chi connectivity index (χ4v) is 2.70. The number of rotatable bonds is 4. The molecule has 1 aliphatic heterocycles. The fourth-order valence-electron chi connectivity index (χ4n) is 2.70. The summed E-state index contributed by atoms with van der Waals surface area (Å²) in [6.45, 7) is 0.599. The third kappa shape index (κ3) is 2.13. The van der Waals surface area contributed by atoms with Gasteiger partial charge < -0.3 is 24.5 Å². The van der Waals surface area contributed by atoms with Gasteiger partial charge in [-0.15, -0.1) is 0 Å². The lowest BCUT2D eigenvalue weighted by molar-refractivity contribution is -0.167. The minimum atomic E-state index is -0.346. The molecule has 20 heavy (non-hydrogen) atoms. The summed E-state index contributed by atoms with van der Waals surface area (Å²) in [6, 6.07) is 2.11. The van der Waals surface area contributed by atoms with Gasteiger partial charge in [-0.1, -0.05) is 0 Å². The summed E-state index contributed by atoms with van der Waals surface area (Å²) in [5, 5.41) is 0. The Morgan fingerprint density at radius 2 is 2.20 bits per heavy atom. The van der Waals surface area contributed by atoms with Crippen molar-refractivity contribution in [3.05, 3.63) is 18.6 Å². The van der Waals surface area contributed by atoms with Gasteiger partial charge in [0.05, 0.1) is 24.5 Å². The Bertz CT molecular complexity index is 596. The number of hydrogen-bond acceptors (Lipinski definition) is 6. The monoisotopic (exact) mass is 278 g/mol. The molecule has 0 amide bonds. The van der Waals surface area contributed by atoms with Crippen molar-refractivity contribution in [2.75, 3.05) is 26.6 Å². The summed E-state index contributed by atoms with van der Waals surface area (Å²) in [5.74, 6) is 0.448. The summed E-state index contributed by atoms with van der Waals surface area (Å²) in [4.78, 5) is 8.38. The molecule has 3 rings (SSSR count). The smallest absolute Gasteiger partial charge is 0.183 e. The fraction of sp³-hybridized carbons (Fsp3) is 0.538. The molecule has 3 heterocycles. The lowest BCUT2D eigenvalue weighted by atomic mass is 10.1. The number of fused-ring (bicyclic) bond motifs is 1. The number of hydrogen-bond donors (Lipinski definition) is 1. The third-order valence-corrected chi connectivity index (χ3v) is 3.69. The largest absolute Gasteiger partial charge is 0.382 e. The van der Waals surface area contributed by atoms with Gasteiger partial charge in [0.1, 0.15) is 11.6 Å². The molecule has 0 saturated carbocycles. The molecule has 2 N–H and O–H groups in total. The molecule has 7 heteroatoms. The van der Waals surface area contributed by atoms with Crippen LogP contribution in [0.2, 0.25) is 0 Å². The van der Waals surface area contributed by atoms with Crippen LogP contribution in [0.25, 0.3) is 11.0 Å². The summed E-state index contributed by atoms with van der Waals surface area (Å²) in [6.07, 6.45) is 3.86. The zero-order valence-electron chi connectivity index (χ0n) is 11.5. The Hall–Kier alpha value is -1.70. The first kappa shape index (κ1) is 13.3. The van der Waals surface area contributed by atoms with Crippen molar-refractivity contribution >= 4 is 16.9 Å². The van der Waals surface area contributed by atoms with Crippen LogP contribution in [-0.2, 0) is 14.2 Å². The van der Waals surface area contributed by atoms with E-state index < -0.39 is 0 Å². The zero-order valence-corrected chi connectivity index (χ0v) is 11.5. The summed E-state index contributed by atoms with van der Waals surface area (Å²) in [7, 11) is 3.23. The number of nitrogen functional groups attached to an aromatic ring is 1. The average molecular weight is 278 g/mol. The predicted molar refractivity (Wildman–Crippen MR) is 73.1 cm³/mol. The number of aromatic nitrogens is 3. The Labute approximate surface area is 116 Å². The van der Waals surface area contributed by atoms with Crippen molar-refractivity contribution in [3.63, 3.8) is 0 Å². The zero-order chi connectivity index (χ0) is 14.1. The van der Waals surface area contributed by atoms with E-state index in [0.29, 0.717) is 12.4 Å². The molecule has 0 unspecified atom stereocenters. The van der Waals surface area contributed by atoms with E-state index in [0.717, 1.165) is 17.5 Å². The normalized spacial score (nSPS) is 22.9. The van der Waals surface area contributed by atoms with E-state index in [9.17, 15) is 0 Å². The number of imidazole rings is 1. The molecular weight excluding hydrogens is 260 g/mol. The third-order valence-electron chi connectivity index (χ3n) is 3.69. The molecule has 2 atom stereocenters. The van der Waals surface area contributed by atoms with Crippen LogP contribution < -0.4 is 5.73 Å². The highest BCUT2D eigenvalue weighted by Crippen LogP contribution is 2.30. The van der Waals surface area contributed by atoms with Crippen LogP contribution in [0.1, 0.15) is 12.5 Å². The molecule has 2 aromatic rings. The molecule has 0 aromatic carbocycles. The highest BCUT2D eigenvalue weighted by Gasteiger charge is 2.33. The number of methoxy groups -OCH3 is 2. The van der Waals surface area contributed by atoms with Gasteiger partial charge in [-0.25, -0.2) is 9.97 Å². The van der Waals surface area contributed by atoms with Crippen LogP contribution in [0.3, 0.4) is 0 Å². The van der Waals surface area contributed by atoms with Gasteiger partial charge in [-0.3, -0.25) is 0 Å². The molecule has 1 fully saturated rings. The van der Waals surface area contributed by atoms with Crippen molar-refractivity contribution < 1.29 is 14.2 Å². The van der Waals surface area contributed by atoms with Crippen LogP contribution in [0.15, 0.2) is 18.6 Å². The van der Waals surface area contributed by atoms with Crippen LogP contribution in [0.5, 0.6) is 0 Å². The number of nitrogens with zero attached hydrogens (tertiary/aromatic N) is 3. The van der Waals surface area contributed by atoms with Gasteiger partial charge in [-0.05, 0) is 6.07 Å². The van der Waals surface area contributed by atoms with Crippen LogP contribution in [0.4, 0.5) is 5.82 Å². The molecule has 0 aliphatic carbocycles. The molecule has 7 nitrogen and oxygen atoms in total. The van der Waals surface area contributed by atoms with E-state index in [4.69, 9.17) is 19.9 Å². The van der Waals surface area contributed by atoms with E-state index in [2.05, 4.69) is 14.5 Å². The van der Waals surface area contributed by atoms with Crippen LogP contribution in [0, 0.1) is 0 Å². The quantitative estimate of drug-likeness (QED) is 0.839. The second kappa shape index (κ2) is 5.35. The Kier molecular flexibility index (Phi) is 3.56. The maximum Gasteiger partial charge on any atom is 0.183 e. The number of nitrogens with two attached hydrogens (primary N) is 1. The predicted octanol–water partition coefficient (Wildman–Crippen LogP) is 0.962. The second-order valence-electron chi connectivity index (χ2n) is 4.82. The average Bonchev–Trinajstić information content (AvgIpc) is 3.07. The first-order chi connectivity index (χ1) is 9.74. The lowest BCUT2D eigenvalue weighted by Gasteiger charge is -2.19. The Morgan fingerprint density at radius 1 is 1.40 bits per heavy atom. The Balaban J connectivity index is 1.85. The number of anilines is 1. The molecule has 1 saturated heterocycles. The molecule has 1 aliphatic rings. The highest BCUT2D eigenvalue weighted by atomic mass is 16.7.